The van der Waals surface area contributed by atoms with Crippen LogP contribution in [0.4, 0.5) is 8.78 Å². The van der Waals surface area contributed by atoms with Gasteiger partial charge >= 0.3 is 0 Å². The quantitative estimate of drug-likeness (QED) is 0.865. The van der Waals surface area contributed by atoms with Crippen LogP contribution in [0.5, 0.6) is 0 Å². The summed E-state index contributed by atoms with van der Waals surface area (Å²) < 4.78 is 26.5. The first-order chi connectivity index (χ1) is 5.49. The van der Waals surface area contributed by atoms with Crippen molar-refractivity contribution >= 4 is 27.3 Å². The van der Waals surface area contributed by atoms with E-state index in [9.17, 15) is 8.78 Å². The van der Waals surface area contributed by atoms with Crippen LogP contribution >= 0.6 is 27.3 Å². The molecule has 68 valence electrons. The molecule has 12 heavy (non-hydrogen) atoms. The maximum absolute atomic E-state index is 13.0. The molecule has 0 spiro atoms. The lowest BCUT2D eigenvalue weighted by molar-refractivity contribution is 0.00917. The largest absolute Gasteiger partial charge is 0.325 e. The Hall–Kier alpha value is -0.0000000000000000555. The summed E-state index contributed by atoms with van der Waals surface area (Å²) in [6, 6.07) is 0. The zero-order chi connectivity index (χ0) is 9.35. The van der Waals surface area contributed by atoms with Crippen molar-refractivity contribution in [2.45, 2.75) is 12.8 Å². The van der Waals surface area contributed by atoms with Crippen molar-refractivity contribution in [2.75, 3.05) is 6.54 Å². The van der Waals surface area contributed by atoms with Gasteiger partial charge in [-0.3, -0.25) is 0 Å². The van der Waals surface area contributed by atoms with Gasteiger partial charge in [0.05, 0.1) is 11.4 Å². The van der Waals surface area contributed by atoms with Crippen molar-refractivity contribution in [1.29, 1.82) is 0 Å². The van der Waals surface area contributed by atoms with Gasteiger partial charge in [0.25, 0.3) is 5.92 Å². The van der Waals surface area contributed by atoms with Gasteiger partial charge < -0.3 is 5.73 Å². The van der Waals surface area contributed by atoms with Gasteiger partial charge in [-0.1, -0.05) is 0 Å². The second-order valence-electron chi connectivity index (χ2n) is 2.47. The number of rotatable bonds is 2. The highest BCUT2D eigenvalue weighted by Crippen LogP contribution is 2.38. The maximum Gasteiger partial charge on any atom is 0.295 e. The molecule has 0 atom stereocenters. The van der Waals surface area contributed by atoms with Gasteiger partial charge in [0.1, 0.15) is 0 Å². The molecule has 0 saturated carbocycles. The summed E-state index contributed by atoms with van der Waals surface area (Å²) >= 11 is 4.13. The Kier molecular flexibility index (Phi) is 2.85. The van der Waals surface area contributed by atoms with E-state index < -0.39 is 12.5 Å². The minimum atomic E-state index is -2.90. The fraction of sp³-hybridized carbons (Fsp3) is 0.429. The lowest BCUT2D eigenvalue weighted by Gasteiger charge is -2.11. The van der Waals surface area contributed by atoms with Crippen LogP contribution in [0.2, 0.25) is 0 Å². The number of hydrogen-bond donors (Lipinski definition) is 1. The zero-order valence-corrected chi connectivity index (χ0v) is 8.81. The highest BCUT2D eigenvalue weighted by molar-refractivity contribution is 9.10. The van der Waals surface area contributed by atoms with Crippen molar-refractivity contribution < 1.29 is 8.78 Å². The van der Waals surface area contributed by atoms with Gasteiger partial charge in [0.2, 0.25) is 0 Å². The maximum atomic E-state index is 13.0. The smallest absolute Gasteiger partial charge is 0.295 e. The van der Waals surface area contributed by atoms with E-state index in [0.717, 1.165) is 16.9 Å². The van der Waals surface area contributed by atoms with Crippen LogP contribution in [0.25, 0.3) is 0 Å². The fourth-order valence-corrected chi connectivity index (χ4v) is 2.54. The van der Waals surface area contributed by atoms with Crippen molar-refractivity contribution in [2.24, 2.45) is 5.73 Å². The SMILES string of the molecule is Cc1csc(C(F)(F)CN)c1Br. The van der Waals surface area contributed by atoms with Crippen molar-refractivity contribution in [3.05, 3.63) is 20.3 Å². The molecule has 1 heterocycles. The molecular formula is C7H8BrF2NS. The summed E-state index contributed by atoms with van der Waals surface area (Å²) in [6.07, 6.45) is 0. The molecular weight excluding hydrogens is 248 g/mol. The molecule has 0 amide bonds. The number of aryl methyl sites for hydroxylation is 1. The molecule has 0 fully saturated rings. The molecule has 5 heteroatoms. The summed E-state index contributed by atoms with van der Waals surface area (Å²) in [5.74, 6) is -2.90. The third-order valence-electron chi connectivity index (χ3n) is 1.49. The molecule has 1 aromatic rings. The predicted octanol–water partition coefficient (Wildman–Crippen LogP) is 2.87. The highest BCUT2D eigenvalue weighted by atomic mass is 79.9. The summed E-state index contributed by atoms with van der Waals surface area (Å²) in [5, 5.41) is 1.68. The Balaban J connectivity index is 3.11. The van der Waals surface area contributed by atoms with Gasteiger partial charge in [-0.05, 0) is 33.8 Å². The number of hydrogen-bond acceptors (Lipinski definition) is 2. The number of halogens is 3. The zero-order valence-electron chi connectivity index (χ0n) is 6.40. The average molecular weight is 256 g/mol. The summed E-state index contributed by atoms with van der Waals surface area (Å²) in [7, 11) is 0. The van der Waals surface area contributed by atoms with Crippen molar-refractivity contribution in [1.82, 2.24) is 0 Å². The van der Waals surface area contributed by atoms with E-state index in [1.165, 1.54) is 0 Å². The van der Waals surface area contributed by atoms with Crippen LogP contribution < -0.4 is 5.73 Å². The van der Waals surface area contributed by atoms with Gasteiger partial charge in [-0.15, -0.1) is 11.3 Å². The van der Waals surface area contributed by atoms with Gasteiger partial charge in [-0.25, -0.2) is 0 Å². The molecule has 0 radical (unpaired) electrons. The Morgan fingerprint density at radius 2 is 2.25 bits per heavy atom. The van der Waals surface area contributed by atoms with E-state index in [1.54, 1.807) is 12.3 Å². The number of thiophene rings is 1. The molecule has 0 bridgehead atoms. The lowest BCUT2D eigenvalue weighted by atomic mass is 10.2. The molecule has 1 aromatic heterocycles. The third-order valence-corrected chi connectivity index (χ3v) is 3.98. The molecule has 2 N–H and O–H groups in total. The molecule has 0 unspecified atom stereocenters. The van der Waals surface area contributed by atoms with E-state index >= 15 is 0 Å². The Bertz CT molecular complexity index is 285. The predicted molar refractivity (Wildman–Crippen MR) is 49.7 cm³/mol. The third kappa shape index (κ3) is 1.67. The van der Waals surface area contributed by atoms with E-state index in [1.807, 2.05) is 0 Å². The second-order valence-corrected chi connectivity index (χ2v) is 4.14. The van der Waals surface area contributed by atoms with Crippen LogP contribution in [0.3, 0.4) is 0 Å². The molecule has 0 saturated heterocycles. The van der Waals surface area contributed by atoms with Crippen LogP contribution in [0, 0.1) is 6.92 Å². The Morgan fingerprint density at radius 3 is 2.58 bits per heavy atom. The minimum Gasteiger partial charge on any atom is -0.325 e. The van der Waals surface area contributed by atoms with Gasteiger partial charge in [-0.2, -0.15) is 8.78 Å². The molecule has 0 aliphatic heterocycles. The minimum absolute atomic E-state index is 0.0162. The molecule has 0 aromatic carbocycles. The van der Waals surface area contributed by atoms with Gasteiger partial charge in [0, 0.05) is 4.47 Å². The molecule has 0 aliphatic carbocycles. The topological polar surface area (TPSA) is 26.0 Å². The van der Waals surface area contributed by atoms with E-state index in [0.29, 0.717) is 4.47 Å². The summed E-state index contributed by atoms with van der Waals surface area (Å²) in [6.45, 7) is 1.13. The summed E-state index contributed by atoms with van der Waals surface area (Å²) in [4.78, 5) is 0.0162. The summed E-state index contributed by atoms with van der Waals surface area (Å²) in [5.41, 5.74) is 5.77. The molecule has 1 rings (SSSR count). The van der Waals surface area contributed by atoms with Crippen LogP contribution in [0.1, 0.15) is 10.4 Å². The van der Waals surface area contributed by atoms with Crippen LogP contribution in [0.15, 0.2) is 9.85 Å². The average Bonchev–Trinajstić information content (AvgIpc) is 2.33. The lowest BCUT2D eigenvalue weighted by Crippen LogP contribution is -2.24. The normalized spacial score (nSPS) is 12.1. The van der Waals surface area contributed by atoms with Crippen molar-refractivity contribution in [3.8, 4) is 0 Å². The van der Waals surface area contributed by atoms with Gasteiger partial charge in [0.15, 0.2) is 0 Å². The van der Waals surface area contributed by atoms with Crippen molar-refractivity contribution in [3.63, 3.8) is 0 Å². The monoisotopic (exact) mass is 255 g/mol. The standard InChI is InChI=1S/C7H8BrF2NS/c1-4-2-12-6(5(4)8)7(9,10)3-11/h2H,3,11H2,1H3. The van der Waals surface area contributed by atoms with Crippen LogP contribution in [-0.2, 0) is 5.92 Å². The first-order valence-corrected chi connectivity index (χ1v) is 4.98. The van der Waals surface area contributed by atoms with Crippen LogP contribution in [-0.4, -0.2) is 6.54 Å². The fourth-order valence-electron chi connectivity index (χ4n) is 0.769. The first kappa shape index (κ1) is 10.1. The van der Waals surface area contributed by atoms with E-state index in [2.05, 4.69) is 15.9 Å². The molecule has 0 aliphatic rings. The first-order valence-electron chi connectivity index (χ1n) is 3.31. The second kappa shape index (κ2) is 3.40. The Labute approximate surface area is 81.7 Å². The Morgan fingerprint density at radius 1 is 1.67 bits per heavy atom. The van der Waals surface area contributed by atoms with E-state index in [4.69, 9.17) is 5.73 Å². The highest BCUT2D eigenvalue weighted by Gasteiger charge is 2.33. The van der Waals surface area contributed by atoms with E-state index in [-0.39, 0.29) is 4.88 Å². The number of alkyl halides is 2. The molecule has 1 nitrogen and oxygen atoms in total. The number of nitrogens with two attached hydrogens (primary N) is 1.